The molecule has 0 radical (unpaired) electrons. The molecule has 2 N–H and O–H groups in total. The minimum atomic E-state index is 0.263. The molecule has 0 saturated carbocycles. The molecule has 0 aliphatic rings. The summed E-state index contributed by atoms with van der Waals surface area (Å²) in [7, 11) is 0. The zero-order chi connectivity index (χ0) is 6.57. The Morgan fingerprint density at radius 2 is 2.00 bits per heavy atom. The quantitative estimate of drug-likeness (QED) is 0.585. The summed E-state index contributed by atoms with van der Waals surface area (Å²) < 4.78 is 0. The van der Waals surface area contributed by atoms with Crippen molar-refractivity contribution in [3.63, 3.8) is 0 Å². The van der Waals surface area contributed by atoms with Gasteiger partial charge in [-0.25, -0.2) is 0 Å². The predicted octanol–water partition coefficient (Wildman–Crippen LogP) is 1.60. The Morgan fingerprint density at radius 3 is 2.12 bits per heavy atom. The lowest BCUT2D eigenvalue weighted by Gasteiger charge is -2.10. The van der Waals surface area contributed by atoms with Crippen molar-refractivity contribution in [3.05, 3.63) is 0 Å². The van der Waals surface area contributed by atoms with Crippen molar-refractivity contribution in [2.24, 2.45) is 11.7 Å². The molecule has 0 aliphatic heterocycles. The van der Waals surface area contributed by atoms with Crippen molar-refractivity contribution in [1.82, 2.24) is 0 Å². The molecule has 0 aromatic heterocycles. The lowest BCUT2D eigenvalue weighted by molar-refractivity contribution is 0.531. The first kappa shape index (κ1) is 8.25. The molecule has 0 aromatic rings. The Balaban J connectivity index is 3.17. The van der Waals surface area contributed by atoms with Crippen LogP contribution in [0.2, 0.25) is 0 Å². The maximum atomic E-state index is 5.75. The second kappa shape index (κ2) is 4.16. The van der Waals surface area contributed by atoms with Crippen LogP contribution in [0.25, 0.3) is 0 Å². The van der Waals surface area contributed by atoms with Crippen molar-refractivity contribution in [2.75, 3.05) is 6.54 Å². The molecule has 2 atom stereocenters. The maximum absolute atomic E-state index is 5.75. The van der Waals surface area contributed by atoms with Crippen molar-refractivity contribution < 1.29 is 0 Å². The predicted molar refractivity (Wildman–Crippen MR) is 38.2 cm³/mol. The first-order valence-electron chi connectivity index (χ1n) is 3.02. The van der Waals surface area contributed by atoms with Gasteiger partial charge in [0.25, 0.3) is 0 Å². The molecule has 50 valence electrons. The number of hydrogen-bond acceptors (Lipinski definition) is 1. The van der Waals surface area contributed by atoms with Crippen molar-refractivity contribution in [1.29, 1.82) is 0 Å². The molecular weight excluding hydrogens is 122 g/mol. The summed E-state index contributed by atoms with van der Waals surface area (Å²) in [5.41, 5.74) is 5.31. The monoisotopic (exact) mass is 135 g/mol. The van der Waals surface area contributed by atoms with Crippen LogP contribution in [0.4, 0.5) is 0 Å². The van der Waals surface area contributed by atoms with Gasteiger partial charge in [0.1, 0.15) is 0 Å². The minimum Gasteiger partial charge on any atom is -0.330 e. The Morgan fingerprint density at radius 1 is 1.50 bits per heavy atom. The van der Waals surface area contributed by atoms with Crippen LogP contribution >= 0.6 is 11.6 Å². The number of halogens is 1. The Kier molecular flexibility index (Phi) is 4.29. The minimum absolute atomic E-state index is 0.263. The topological polar surface area (TPSA) is 26.0 Å². The fourth-order valence-electron chi connectivity index (χ4n) is 0.493. The van der Waals surface area contributed by atoms with Gasteiger partial charge in [-0.15, -0.1) is 11.6 Å². The van der Waals surface area contributed by atoms with E-state index in [0.29, 0.717) is 5.92 Å². The average molecular weight is 136 g/mol. The van der Waals surface area contributed by atoms with Crippen LogP contribution < -0.4 is 5.73 Å². The van der Waals surface area contributed by atoms with E-state index in [9.17, 15) is 0 Å². The van der Waals surface area contributed by atoms with Crippen molar-refractivity contribution in [2.45, 2.75) is 25.6 Å². The van der Waals surface area contributed by atoms with Gasteiger partial charge in [-0.1, -0.05) is 6.92 Å². The first-order chi connectivity index (χ1) is 3.68. The maximum Gasteiger partial charge on any atom is 0.0333 e. The van der Waals surface area contributed by atoms with Gasteiger partial charge >= 0.3 is 0 Å². The largest absolute Gasteiger partial charge is 0.330 e. The van der Waals surface area contributed by atoms with Crippen LogP contribution in [0.1, 0.15) is 20.3 Å². The van der Waals surface area contributed by atoms with Gasteiger partial charge in [0.05, 0.1) is 0 Å². The molecule has 0 saturated heterocycles. The van der Waals surface area contributed by atoms with E-state index in [4.69, 9.17) is 17.3 Å². The van der Waals surface area contributed by atoms with Crippen LogP contribution in [0.5, 0.6) is 0 Å². The summed E-state index contributed by atoms with van der Waals surface area (Å²) in [5, 5.41) is 0.263. The van der Waals surface area contributed by atoms with E-state index >= 15 is 0 Å². The number of hydrogen-bond donors (Lipinski definition) is 1. The van der Waals surface area contributed by atoms with Crippen molar-refractivity contribution in [3.8, 4) is 0 Å². The molecule has 0 aromatic carbocycles. The van der Waals surface area contributed by atoms with Gasteiger partial charge < -0.3 is 5.73 Å². The number of alkyl halides is 1. The molecule has 0 fully saturated rings. The van der Waals surface area contributed by atoms with E-state index in [1.54, 1.807) is 0 Å². The summed E-state index contributed by atoms with van der Waals surface area (Å²) in [6.45, 7) is 4.87. The molecule has 0 amide bonds. The summed E-state index contributed by atoms with van der Waals surface area (Å²) in [5.74, 6) is 0.557. The second-order valence-corrected chi connectivity index (χ2v) is 2.92. The number of rotatable bonds is 3. The zero-order valence-corrected chi connectivity index (χ0v) is 6.28. The molecule has 2 heteroatoms. The van der Waals surface area contributed by atoms with Gasteiger partial charge in [0.15, 0.2) is 0 Å². The molecule has 0 bridgehead atoms. The van der Waals surface area contributed by atoms with E-state index in [-0.39, 0.29) is 5.38 Å². The Labute approximate surface area is 56.2 Å². The third-order valence-electron chi connectivity index (χ3n) is 1.41. The molecule has 1 nitrogen and oxygen atoms in total. The van der Waals surface area contributed by atoms with Crippen LogP contribution in [0, 0.1) is 5.92 Å². The van der Waals surface area contributed by atoms with Crippen LogP contribution in [-0.2, 0) is 0 Å². The fraction of sp³-hybridized carbons (Fsp3) is 1.00. The molecule has 0 spiro atoms. The molecule has 2 unspecified atom stereocenters. The smallest absolute Gasteiger partial charge is 0.0333 e. The Hall–Kier alpha value is 0.250. The zero-order valence-electron chi connectivity index (χ0n) is 5.52. The van der Waals surface area contributed by atoms with Gasteiger partial charge in [-0.2, -0.15) is 0 Å². The summed E-state index contributed by atoms with van der Waals surface area (Å²) >= 11 is 5.75. The standard InChI is InChI=1S/C6H14ClN/c1-5(3-4-8)6(2)7/h5-6H,3-4,8H2,1-2H3. The highest BCUT2D eigenvalue weighted by molar-refractivity contribution is 6.20. The van der Waals surface area contributed by atoms with Gasteiger partial charge in [0.2, 0.25) is 0 Å². The normalized spacial score (nSPS) is 18.0. The van der Waals surface area contributed by atoms with E-state index < -0.39 is 0 Å². The summed E-state index contributed by atoms with van der Waals surface area (Å²) in [4.78, 5) is 0. The van der Waals surface area contributed by atoms with E-state index in [1.807, 2.05) is 6.92 Å². The molecule has 0 rings (SSSR count). The highest BCUT2D eigenvalue weighted by atomic mass is 35.5. The first-order valence-corrected chi connectivity index (χ1v) is 3.46. The molecular formula is C6H14ClN. The highest BCUT2D eigenvalue weighted by Gasteiger charge is 2.05. The van der Waals surface area contributed by atoms with Gasteiger partial charge in [-0.05, 0) is 25.8 Å². The third-order valence-corrected chi connectivity index (χ3v) is 1.84. The summed E-state index contributed by atoms with van der Waals surface area (Å²) in [6, 6.07) is 0. The van der Waals surface area contributed by atoms with E-state index in [1.165, 1.54) is 0 Å². The van der Waals surface area contributed by atoms with E-state index in [2.05, 4.69) is 6.92 Å². The fourth-order valence-corrected chi connectivity index (χ4v) is 0.619. The lowest BCUT2D eigenvalue weighted by atomic mass is 10.1. The van der Waals surface area contributed by atoms with Gasteiger partial charge in [-0.3, -0.25) is 0 Å². The molecule has 0 heterocycles. The Bertz CT molecular complexity index is 54.5. The van der Waals surface area contributed by atoms with Crippen LogP contribution in [-0.4, -0.2) is 11.9 Å². The van der Waals surface area contributed by atoms with Crippen LogP contribution in [0.15, 0.2) is 0 Å². The van der Waals surface area contributed by atoms with Gasteiger partial charge in [0, 0.05) is 5.38 Å². The second-order valence-electron chi connectivity index (χ2n) is 2.23. The van der Waals surface area contributed by atoms with E-state index in [0.717, 1.165) is 13.0 Å². The lowest BCUT2D eigenvalue weighted by Crippen LogP contribution is -2.12. The van der Waals surface area contributed by atoms with Crippen LogP contribution in [0.3, 0.4) is 0 Å². The highest BCUT2D eigenvalue weighted by Crippen LogP contribution is 2.11. The average Bonchev–Trinajstić information content (AvgIpc) is 1.67. The number of nitrogens with two attached hydrogens (primary N) is 1. The SMILES string of the molecule is CC(Cl)C(C)CCN. The van der Waals surface area contributed by atoms with Crippen molar-refractivity contribution >= 4 is 11.6 Å². The summed E-state index contributed by atoms with van der Waals surface area (Å²) in [6.07, 6.45) is 1.03. The molecule has 8 heavy (non-hydrogen) atoms. The third kappa shape index (κ3) is 3.28. The molecule has 0 aliphatic carbocycles.